The number of carboxylic acid groups (broad SMARTS) is 1. The van der Waals surface area contributed by atoms with Crippen LogP contribution in [0.5, 0.6) is 0 Å². The fourth-order valence-corrected chi connectivity index (χ4v) is 3.12. The summed E-state index contributed by atoms with van der Waals surface area (Å²) >= 11 is 0. The lowest BCUT2D eigenvalue weighted by Crippen LogP contribution is -2.34. The molecule has 2 aromatic rings. The van der Waals surface area contributed by atoms with Crippen molar-refractivity contribution >= 4 is 24.1 Å². The Balaban J connectivity index is 0.00000280. The number of benzene rings is 2. The molecular formula is C22H25ClN2O3. The highest BCUT2D eigenvalue weighted by Crippen LogP contribution is 2.15. The molecule has 0 saturated carbocycles. The summed E-state index contributed by atoms with van der Waals surface area (Å²) in [6, 6.07) is 18.1. The normalized spacial score (nSPS) is 14.8. The summed E-state index contributed by atoms with van der Waals surface area (Å²) in [5, 5.41) is 13.6. The first-order chi connectivity index (χ1) is 13.1. The lowest BCUT2D eigenvalue weighted by atomic mass is 9.98. The van der Waals surface area contributed by atoms with Crippen LogP contribution < -0.4 is 0 Å². The Morgan fingerprint density at radius 1 is 1.14 bits per heavy atom. The van der Waals surface area contributed by atoms with Crippen LogP contribution >= 0.6 is 12.4 Å². The van der Waals surface area contributed by atoms with Gasteiger partial charge in [-0.2, -0.15) is 0 Å². The second kappa shape index (κ2) is 10.6. The Morgan fingerprint density at radius 2 is 1.86 bits per heavy atom. The molecule has 0 saturated heterocycles. The van der Waals surface area contributed by atoms with Crippen molar-refractivity contribution in [1.82, 2.24) is 4.90 Å². The van der Waals surface area contributed by atoms with Gasteiger partial charge in [-0.15, -0.1) is 12.4 Å². The molecule has 1 N–H and O–H groups in total. The van der Waals surface area contributed by atoms with Gasteiger partial charge < -0.3 is 9.94 Å². The molecule has 0 atom stereocenters. The van der Waals surface area contributed by atoms with Crippen molar-refractivity contribution < 1.29 is 14.7 Å². The molecule has 5 nitrogen and oxygen atoms in total. The molecule has 0 fully saturated rings. The van der Waals surface area contributed by atoms with Gasteiger partial charge in [0.05, 0.1) is 0 Å². The number of rotatable bonds is 7. The number of carbonyl (C=O) groups is 1. The second-order valence-corrected chi connectivity index (χ2v) is 6.55. The molecule has 148 valence electrons. The number of carboxylic acids is 1. The Morgan fingerprint density at radius 3 is 2.57 bits per heavy atom. The van der Waals surface area contributed by atoms with Crippen molar-refractivity contribution in [2.45, 2.75) is 13.3 Å². The monoisotopic (exact) mass is 400 g/mol. The Kier molecular flexibility index (Phi) is 8.23. The van der Waals surface area contributed by atoms with Crippen molar-refractivity contribution in [3.05, 3.63) is 82.9 Å². The van der Waals surface area contributed by atoms with Crippen LogP contribution in [0.15, 0.2) is 71.4 Å². The topological polar surface area (TPSA) is 62.1 Å². The SMILES string of the molecule is Cc1ccccc1/C(=N\OCCN1CCC=C(C(=O)O)C1)c1ccccc1.Cl. The predicted octanol–water partition coefficient (Wildman–Crippen LogP) is 3.90. The van der Waals surface area contributed by atoms with Gasteiger partial charge in [-0.1, -0.05) is 65.8 Å². The third kappa shape index (κ3) is 5.68. The highest BCUT2D eigenvalue weighted by molar-refractivity contribution is 6.13. The molecule has 2 aromatic carbocycles. The quantitative estimate of drug-likeness (QED) is 0.435. The molecule has 0 bridgehead atoms. The van der Waals surface area contributed by atoms with Crippen molar-refractivity contribution in [3.8, 4) is 0 Å². The average Bonchev–Trinajstić information content (AvgIpc) is 2.70. The molecular weight excluding hydrogens is 376 g/mol. The van der Waals surface area contributed by atoms with E-state index in [1.54, 1.807) is 6.08 Å². The maximum Gasteiger partial charge on any atom is 0.332 e. The molecule has 3 rings (SSSR count). The average molecular weight is 401 g/mol. The smallest absolute Gasteiger partial charge is 0.332 e. The van der Waals surface area contributed by atoms with Crippen LogP contribution in [0.3, 0.4) is 0 Å². The van der Waals surface area contributed by atoms with Crippen LogP contribution in [0.25, 0.3) is 0 Å². The highest BCUT2D eigenvalue weighted by atomic mass is 35.5. The van der Waals surface area contributed by atoms with Gasteiger partial charge in [0, 0.05) is 36.3 Å². The summed E-state index contributed by atoms with van der Waals surface area (Å²) in [7, 11) is 0. The second-order valence-electron chi connectivity index (χ2n) is 6.55. The molecule has 28 heavy (non-hydrogen) atoms. The van der Waals surface area contributed by atoms with Gasteiger partial charge in [0.1, 0.15) is 12.3 Å². The van der Waals surface area contributed by atoms with Gasteiger partial charge in [-0.3, -0.25) is 4.90 Å². The summed E-state index contributed by atoms with van der Waals surface area (Å²) < 4.78 is 0. The predicted molar refractivity (Wildman–Crippen MR) is 113 cm³/mol. The van der Waals surface area contributed by atoms with E-state index < -0.39 is 5.97 Å². The molecule has 0 radical (unpaired) electrons. The van der Waals surface area contributed by atoms with Crippen molar-refractivity contribution in [2.24, 2.45) is 5.16 Å². The van der Waals surface area contributed by atoms with Crippen LogP contribution in [0.1, 0.15) is 23.1 Å². The standard InChI is InChI=1S/C22H24N2O3.ClH/c1-17-8-5-6-12-20(17)21(18-9-3-2-4-10-18)23-27-15-14-24-13-7-11-19(16-24)22(25)26;/h2-6,8-12H,7,13-16H2,1H3,(H,25,26);1H/b23-21-;. The van der Waals surface area contributed by atoms with Crippen LogP contribution in [-0.2, 0) is 9.63 Å². The van der Waals surface area contributed by atoms with E-state index >= 15 is 0 Å². The fourth-order valence-electron chi connectivity index (χ4n) is 3.12. The van der Waals surface area contributed by atoms with Crippen molar-refractivity contribution in [1.29, 1.82) is 0 Å². The summed E-state index contributed by atoms with van der Waals surface area (Å²) in [6.07, 6.45) is 2.55. The molecule has 1 heterocycles. The zero-order chi connectivity index (χ0) is 19.1. The summed E-state index contributed by atoms with van der Waals surface area (Å²) in [5.74, 6) is -0.843. The number of hydrogen-bond donors (Lipinski definition) is 1. The van der Waals surface area contributed by atoms with Gasteiger partial charge in [-0.05, 0) is 18.9 Å². The van der Waals surface area contributed by atoms with Gasteiger partial charge in [-0.25, -0.2) is 4.79 Å². The van der Waals surface area contributed by atoms with E-state index in [1.165, 1.54) is 0 Å². The number of halogens is 1. The molecule has 0 amide bonds. The van der Waals surface area contributed by atoms with Crippen LogP contribution in [-0.4, -0.2) is 47.9 Å². The lowest BCUT2D eigenvalue weighted by molar-refractivity contribution is -0.133. The Bertz CT molecular complexity index is 850. The lowest BCUT2D eigenvalue weighted by Gasteiger charge is -2.24. The third-order valence-electron chi connectivity index (χ3n) is 4.61. The van der Waals surface area contributed by atoms with Crippen LogP contribution in [0.2, 0.25) is 0 Å². The fraction of sp³-hybridized carbons (Fsp3) is 0.273. The number of oxime groups is 1. The number of hydrogen-bond acceptors (Lipinski definition) is 4. The van der Waals surface area contributed by atoms with Gasteiger partial charge >= 0.3 is 5.97 Å². The van der Waals surface area contributed by atoms with E-state index in [9.17, 15) is 4.79 Å². The van der Waals surface area contributed by atoms with Gasteiger partial charge in [0.2, 0.25) is 0 Å². The molecule has 0 aromatic heterocycles. The Hall–Kier alpha value is -2.63. The minimum atomic E-state index is -0.843. The van der Waals surface area contributed by atoms with Crippen LogP contribution in [0.4, 0.5) is 0 Å². The minimum Gasteiger partial charge on any atom is -0.478 e. The van der Waals surface area contributed by atoms with E-state index in [2.05, 4.69) is 23.0 Å². The maximum absolute atomic E-state index is 11.1. The summed E-state index contributed by atoms with van der Waals surface area (Å²) in [6.45, 7) is 4.40. The van der Waals surface area contributed by atoms with Gasteiger partial charge in [0.25, 0.3) is 0 Å². The number of nitrogens with zero attached hydrogens (tertiary/aromatic N) is 2. The summed E-state index contributed by atoms with van der Waals surface area (Å²) in [5.41, 5.74) is 4.43. The maximum atomic E-state index is 11.1. The van der Waals surface area contributed by atoms with Crippen LogP contribution in [0, 0.1) is 6.92 Å². The first-order valence-electron chi connectivity index (χ1n) is 9.11. The molecule has 0 spiro atoms. The number of aryl methyl sites for hydroxylation is 1. The molecule has 1 aliphatic heterocycles. The minimum absolute atomic E-state index is 0. The first kappa shape index (κ1) is 21.7. The first-order valence-corrected chi connectivity index (χ1v) is 9.11. The third-order valence-corrected chi connectivity index (χ3v) is 4.61. The molecule has 6 heteroatoms. The summed E-state index contributed by atoms with van der Waals surface area (Å²) in [4.78, 5) is 18.8. The molecule has 0 unspecified atom stereocenters. The Labute approximate surface area is 171 Å². The highest BCUT2D eigenvalue weighted by Gasteiger charge is 2.17. The van der Waals surface area contributed by atoms with E-state index in [1.807, 2.05) is 48.5 Å². The van der Waals surface area contributed by atoms with Gasteiger partial charge in [0.15, 0.2) is 0 Å². The van der Waals surface area contributed by atoms with E-state index in [0.29, 0.717) is 25.3 Å². The zero-order valence-electron chi connectivity index (χ0n) is 15.9. The molecule has 0 aliphatic carbocycles. The van der Waals surface area contributed by atoms with E-state index in [-0.39, 0.29) is 12.4 Å². The number of aliphatic carboxylic acids is 1. The van der Waals surface area contributed by atoms with Crippen molar-refractivity contribution in [3.63, 3.8) is 0 Å². The van der Waals surface area contributed by atoms with E-state index in [0.717, 1.165) is 35.4 Å². The van der Waals surface area contributed by atoms with E-state index in [4.69, 9.17) is 9.94 Å². The van der Waals surface area contributed by atoms with Crippen molar-refractivity contribution in [2.75, 3.05) is 26.2 Å². The largest absolute Gasteiger partial charge is 0.478 e. The molecule has 1 aliphatic rings. The zero-order valence-corrected chi connectivity index (χ0v) is 16.7.